The van der Waals surface area contributed by atoms with E-state index in [-0.39, 0.29) is 11.7 Å². The molecule has 1 aromatic carbocycles. The molecule has 0 aliphatic rings. The Labute approximate surface area is 88.8 Å². The Hall–Kier alpha value is -1.71. The molecule has 4 nitrogen and oxygen atoms in total. The van der Waals surface area contributed by atoms with Gasteiger partial charge in [-0.1, -0.05) is 0 Å². The van der Waals surface area contributed by atoms with Crippen molar-refractivity contribution in [3.8, 4) is 0 Å². The van der Waals surface area contributed by atoms with E-state index in [1.165, 1.54) is 12.1 Å². The highest BCUT2D eigenvalue weighted by molar-refractivity contribution is 5.98. The standard InChI is InChI=1S/C11H14N2O2/c1-8(2)12-9(3)10-4-6-11(7-5-10)13(14)15/h4-8H,1-3H3/b12-9+. The van der Waals surface area contributed by atoms with Gasteiger partial charge in [0.05, 0.1) is 4.92 Å². The Balaban J connectivity index is 2.94. The molecule has 0 atom stereocenters. The van der Waals surface area contributed by atoms with Crippen molar-refractivity contribution in [2.45, 2.75) is 26.8 Å². The summed E-state index contributed by atoms with van der Waals surface area (Å²) >= 11 is 0. The predicted octanol–water partition coefficient (Wildman–Crippen LogP) is 2.81. The van der Waals surface area contributed by atoms with Crippen molar-refractivity contribution in [3.63, 3.8) is 0 Å². The van der Waals surface area contributed by atoms with E-state index in [0.717, 1.165) is 11.3 Å². The summed E-state index contributed by atoms with van der Waals surface area (Å²) in [5.74, 6) is 0. The number of rotatable bonds is 3. The van der Waals surface area contributed by atoms with Crippen LogP contribution in [0.2, 0.25) is 0 Å². The average Bonchev–Trinajstić information content (AvgIpc) is 2.17. The Morgan fingerprint density at radius 1 is 1.33 bits per heavy atom. The smallest absolute Gasteiger partial charge is 0.269 e. The summed E-state index contributed by atoms with van der Waals surface area (Å²) < 4.78 is 0. The molecule has 0 bridgehead atoms. The van der Waals surface area contributed by atoms with Gasteiger partial charge < -0.3 is 0 Å². The van der Waals surface area contributed by atoms with Crippen LogP contribution in [0.5, 0.6) is 0 Å². The number of hydrogen-bond donors (Lipinski definition) is 0. The van der Waals surface area contributed by atoms with E-state index in [1.807, 2.05) is 20.8 Å². The van der Waals surface area contributed by atoms with Crippen LogP contribution in [0.3, 0.4) is 0 Å². The quantitative estimate of drug-likeness (QED) is 0.433. The summed E-state index contributed by atoms with van der Waals surface area (Å²) in [5.41, 5.74) is 1.94. The third kappa shape index (κ3) is 3.16. The molecule has 0 saturated carbocycles. The lowest BCUT2D eigenvalue weighted by Crippen LogP contribution is -2.00. The molecule has 1 aromatic rings. The van der Waals surface area contributed by atoms with Gasteiger partial charge in [-0.05, 0) is 38.5 Å². The highest BCUT2D eigenvalue weighted by atomic mass is 16.6. The lowest BCUT2D eigenvalue weighted by Gasteiger charge is -2.02. The van der Waals surface area contributed by atoms with Gasteiger partial charge in [-0.15, -0.1) is 0 Å². The first-order valence-corrected chi connectivity index (χ1v) is 4.80. The number of nitrogens with zero attached hydrogens (tertiary/aromatic N) is 2. The van der Waals surface area contributed by atoms with Crippen molar-refractivity contribution >= 4 is 11.4 Å². The van der Waals surface area contributed by atoms with E-state index in [9.17, 15) is 10.1 Å². The third-order valence-corrected chi connectivity index (χ3v) is 1.95. The molecule has 0 N–H and O–H groups in total. The molecule has 0 spiro atoms. The van der Waals surface area contributed by atoms with Crippen LogP contribution in [-0.2, 0) is 0 Å². The van der Waals surface area contributed by atoms with Crippen molar-refractivity contribution in [1.29, 1.82) is 0 Å². The molecule has 4 heteroatoms. The highest BCUT2D eigenvalue weighted by Crippen LogP contribution is 2.12. The van der Waals surface area contributed by atoms with Crippen molar-refractivity contribution in [2.24, 2.45) is 4.99 Å². The van der Waals surface area contributed by atoms with Gasteiger partial charge in [0.1, 0.15) is 0 Å². The maximum absolute atomic E-state index is 10.4. The second-order valence-electron chi connectivity index (χ2n) is 3.61. The molecule has 80 valence electrons. The van der Waals surface area contributed by atoms with Gasteiger partial charge in [-0.25, -0.2) is 0 Å². The minimum atomic E-state index is -0.404. The maximum atomic E-state index is 10.4. The second-order valence-corrected chi connectivity index (χ2v) is 3.61. The van der Waals surface area contributed by atoms with Crippen LogP contribution >= 0.6 is 0 Å². The van der Waals surface area contributed by atoms with E-state index < -0.39 is 4.92 Å². The molecule has 0 amide bonds. The minimum absolute atomic E-state index is 0.107. The summed E-state index contributed by atoms with van der Waals surface area (Å²) in [6.45, 7) is 5.89. The summed E-state index contributed by atoms with van der Waals surface area (Å²) in [6, 6.07) is 6.67. The molecule has 0 aliphatic carbocycles. The molecule has 0 aliphatic heterocycles. The normalized spacial score (nSPS) is 11.9. The first kappa shape index (κ1) is 11.4. The number of nitro benzene ring substituents is 1. The first-order chi connectivity index (χ1) is 7.00. The molecule has 0 fully saturated rings. The Morgan fingerprint density at radius 2 is 1.87 bits per heavy atom. The Morgan fingerprint density at radius 3 is 2.27 bits per heavy atom. The van der Waals surface area contributed by atoms with Gasteiger partial charge in [0.2, 0.25) is 0 Å². The van der Waals surface area contributed by atoms with Crippen molar-refractivity contribution in [2.75, 3.05) is 0 Å². The zero-order valence-electron chi connectivity index (χ0n) is 9.10. The fourth-order valence-corrected chi connectivity index (χ4v) is 1.29. The highest BCUT2D eigenvalue weighted by Gasteiger charge is 2.05. The SMILES string of the molecule is C/C(=N\C(C)C)c1ccc([N+](=O)[O-])cc1. The molecular formula is C11H14N2O2. The van der Waals surface area contributed by atoms with E-state index in [4.69, 9.17) is 0 Å². The monoisotopic (exact) mass is 206 g/mol. The number of aliphatic imine (C=N–C) groups is 1. The number of benzene rings is 1. The molecule has 0 saturated heterocycles. The van der Waals surface area contributed by atoms with Crippen molar-refractivity contribution in [1.82, 2.24) is 0 Å². The van der Waals surface area contributed by atoms with Crippen LogP contribution in [0, 0.1) is 10.1 Å². The van der Waals surface area contributed by atoms with Crippen LogP contribution in [0.25, 0.3) is 0 Å². The maximum Gasteiger partial charge on any atom is 0.269 e. The van der Waals surface area contributed by atoms with Crippen molar-refractivity contribution < 1.29 is 4.92 Å². The number of nitro groups is 1. The van der Waals surface area contributed by atoms with Crippen LogP contribution in [0.15, 0.2) is 29.3 Å². The van der Waals surface area contributed by atoms with Gasteiger partial charge in [0, 0.05) is 23.9 Å². The van der Waals surface area contributed by atoms with Gasteiger partial charge in [-0.2, -0.15) is 0 Å². The fourth-order valence-electron chi connectivity index (χ4n) is 1.29. The van der Waals surface area contributed by atoms with Gasteiger partial charge in [-0.3, -0.25) is 15.1 Å². The van der Waals surface area contributed by atoms with Gasteiger partial charge >= 0.3 is 0 Å². The van der Waals surface area contributed by atoms with E-state index in [0.29, 0.717) is 0 Å². The third-order valence-electron chi connectivity index (χ3n) is 1.95. The summed E-state index contributed by atoms with van der Waals surface area (Å²) in [6.07, 6.45) is 0. The fraction of sp³-hybridized carbons (Fsp3) is 0.364. The Kier molecular flexibility index (Phi) is 3.55. The largest absolute Gasteiger partial charge is 0.287 e. The zero-order chi connectivity index (χ0) is 11.4. The first-order valence-electron chi connectivity index (χ1n) is 4.80. The van der Waals surface area contributed by atoms with E-state index in [2.05, 4.69) is 4.99 Å². The van der Waals surface area contributed by atoms with Gasteiger partial charge in [0.15, 0.2) is 0 Å². The summed E-state index contributed by atoms with van der Waals surface area (Å²) in [4.78, 5) is 14.4. The van der Waals surface area contributed by atoms with Crippen LogP contribution in [0.4, 0.5) is 5.69 Å². The average molecular weight is 206 g/mol. The van der Waals surface area contributed by atoms with Crippen LogP contribution < -0.4 is 0 Å². The lowest BCUT2D eigenvalue weighted by molar-refractivity contribution is -0.384. The van der Waals surface area contributed by atoms with Gasteiger partial charge in [0.25, 0.3) is 5.69 Å². The van der Waals surface area contributed by atoms with E-state index >= 15 is 0 Å². The summed E-state index contributed by atoms with van der Waals surface area (Å²) in [5, 5.41) is 10.4. The molecule has 0 heterocycles. The summed E-state index contributed by atoms with van der Waals surface area (Å²) in [7, 11) is 0. The molecule has 15 heavy (non-hydrogen) atoms. The molecule has 0 unspecified atom stereocenters. The molecular weight excluding hydrogens is 192 g/mol. The number of hydrogen-bond acceptors (Lipinski definition) is 3. The Bertz CT molecular complexity index is 380. The lowest BCUT2D eigenvalue weighted by atomic mass is 10.1. The zero-order valence-corrected chi connectivity index (χ0v) is 9.10. The molecule has 0 radical (unpaired) electrons. The molecule has 0 aromatic heterocycles. The number of non-ortho nitro benzene ring substituents is 1. The van der Waals surface area contributed by atoms with Crippen LogP contribution in [-0.4, -0.2) is 16.7 Å². The topological polar surface area (TPSA) is 55.5 Å². The predicted molar refractivity (Wildman–Crippen MR) is 60.4 cm³/mol. The van der Waals surface area contributed by atoms with Crippen LogP contribution in [0.1, 0.15) is 26.3 Å². The van der Waals surface area contributed by atoms with Crippen molar-refractivity contribution in [3.05, 3.63) is 39.9 Å². The minimum Gasteiger partial charge on any atom is -0.287 e. The van der Waals surface area contributed by atoms with E-state index in [1.54, 1.807) is 12.1 Å². The second kappa shape index (κ2) is 4.68. The molecule has 1 rings (SSSR count).